The summed E-state index contributed by atoms with van der Waals surface area (Å²) in [7, 11) is 0. The summed E-state index contributed by atoms with van der Waals surface area (Å²) in [5, 5.41) is 15.3. The molecule has 2 amide bonds. The molecule has 1 fully saturated rings. The van der Waals surface area contributed by atoms with E-state index in [0.29, 0.717) is 18.4 Å². The number of ether oxygens (including phenoxy) is 1. The van der Waals surface area contributed by atoms with Gasteiger partial charge in [0.05, 0.1) is 12.7 Å². The Hall–Kier alpha value is -1.59. The van der Waals surface area contributed by atoms with Crippen molar-refractivity contribution < 1.29 is 14.6 Å². The van der Waals surface area contributed by atoms with Crippen LogP contribution in [0.15, 0.2) is 30.3 Å². The van der Waals surface area contributed by atoms with Gasteiger partial charge in [0.2, 0.25) is 0 Å². The minimum atomic E-state index is -0.673. The lowest BCUT2D eigenvalue weighted by Gasteiger charge is -2.14. The second-order valence-electron chi connectivity index (χ2n) is 6.30. The summed E-state index contributed by atoms with van der Waals surface area (Å²) in [6, 6.07) is 10.1. The first-order valence-corrected chi connectivity index (χ1v) is 7.91. The highest BCUT2D eigenvalue weighted by molar-refractivity contribution is 5.74. The third kappa shape index (κ3) is 5.66. The van der Waals surface area contributed by atoms with Crippen molar-refractivity contribution in [2.75, 3.05) is 19.8 Å². The molecule has 1 aliphatic carbocycles. The van der Waals surface area contributed by atoms with Gasteiger partial charge in [-0.25, -0.2) is 4.79 Å². The molecule has 3 N–H and O–H groups in total. The van der Waals surface area contributed by atoms with Crippen LogP contribution in [0.4, 0.5) is 4.79 Å². The number of amides is 2. The number of rotatable bonds is 8. The molecule has 3 atom stereocenters. The van der Waals surface area contributed by atoms with E-state index in [1.165, 1.54) is 5.56 Å². The van der Waals surface area contributed by atoms with Gasteiger partial charge in [0.25, 0.3) is 0 Å². The first-order chi connectivity index (χ1) is 10.6. The summed E-state index contributed by atoms with van der Waals surface area (Å²) in [4.78, 5) is 11.8. The number of aliphatic hydroxyl groups is 1. The fourth-order valence-corrected chi connectivity index (χ4v) is 2.35. The monoisotopic (exact) mass is 306 g/mol. The van der Waals surface area contributed by atoms with Crippen molar-refractivity contribution in [1.82, 2.24) is 10.6 Å². The van der Waals surface area contributed by atoms with Crippen LogP contribution in [0, 0.1) is 5.92 Å². The third-order valence-electron chi connectivity index (χ3n) is 3.59. The predicted molar refractivity (Wildman–Crippen MR) is 85.8 cm³/mol. The van der Waals surface area contributed by atoms with Crippen LogP contribution in [0.3, 0.4) is 0 Å². The minimum Gasteiger partial charge on any atom is -0.389 e. The molecule has 22 heavy (non-hydrogen) atoms. The van der Waals surface area contributed by atoms with E-state index in [4.69, 9.17) is 4.74 Å². The maximum Gasteiger partial charge on any atom is 0.315 e. The minimum absolute atomic E-state index is 0.191. The summed E-state index contributed by atoms with van der Waals surface area (Å²) in [5.41, 5.74) is 1.26. The van der Waals surface area contributed by atoms with Crippen molar-refractivity contribution >= 4 is 6.03 Å². The average molecular weight is 306 g/mol. The molecular formula is C17H26N2O3. The van der Waals surface area contributed by atoms with Gasteiger partial charge in [0.1, 0.15) is 0 Å². The molecule has 1 aromatic carbocycles. The van der Waals surface area contributed by atoms with E-state index in [1.807, 2.05) is 18.2 Å². The molecule has 2 rings (SSSR count). The normalized spacial score (nSPS) is 21.5. The Kier molecular flexibility index (Phi) is 6.21. The summed E-state index contributed by atoms with van der Waals surface area (Å²) < 4.78 is 5.34. The zero-order valence-corrected chi connectivity index (χ0v) is 13.3. The number of nitrogens with one attached hydrogen (secondary N) is 2. The molecule has 0 aliphatic heterocycles. The lowest BCUT2D eigenvalue weighted by Crippen LogP contribution is -2.42. The Labute approximate surface area is 132 Å². The van der Waals surface area contributed by atoms with Crippen LogP contribution in [0.5, 0.6) is 0 Å². The Balaban J connectivity index is 1.59. The predicted octanol–water partition coefficient (Wildman–Crippen LogP) is 1.88. The number of aliphatic hydroxyl groups excluding tert-OH is 1. The van der Waals surface area contributed by atoms with Gasteiger partial charge in [0, 0.05) is 25.1 Å². The van der Waals surface area contributed by atoms with Crippen LogP contribution >= 0.6 is 0 Å². The molecule has 0 bridgehead atoms. The van der Waals surface area contributed by atoms with Crippen molar-refractivity contribution in [2.24, 2.45) is 5.92 Å². The number of urea groups is 1. The second kappa shape index (κ2) is 8.15. The van der Waals surface area contributed by atoms with E-state index >= 15 is 0 Å². The van der Waals surface area contributed by atoms with E-state index in [9.17, 15) is 9.90 Å². The smallest absolute Gasteiger partial charge is 0.315 e. The molecule has 1 aromatic rings. The molecule has 0 radical (unpaired) electrons. The third-order valence-corrected chi connectivity index (χ3v) is 3.59. The highest BCUT2D eigenvalue weighted by Crippen LogP contribution is 2.40. The maximum atomic E-state index is 11.8. The van der Waals surface area contributed by atoms with E-state index < -0.39 is 6.10 Å². The fraction of sp³-hybridized carbons (Fsp3) is 0.588. The van der Waals surface area contributed by atoms with Crippen LogP contribution < -0.4 is 10.6 Å². The van der Waals surface area contributed by atoms with Crippen molar-refractivity contribution in [3.63, 3.8) is 0 Å². The van der Waals surface area contributed by atoms with Crippen LogP contribution in [0.25, 0.3) is 0 Å². The molecule has 1 aliphatic rings. The highest BCUT2D eigenvalue weighted by atomic mass is 16.5. The Morgan fingerprint density at radius 2 is 2.05 bits per heavy atom. The maximum absolute atomic E-state index is 11.8. The van der Waals surface area contributed by atoms with Crippen molar-refractivity contribution in [3.05, 3.63) is 35.9 Å². The molecule has 3 unspecified atom stereocenters. The van der Waals surface area contributed by atoms with Gasteiger partial charge in [-0.2, -0.15) is 0 Å². The Morgan fingerprint density at radius 1 is 1.32 bits per heavy atom. The zero-order valence-electron chi connectivity index (χ0n) is 13.3. The molecule has 0 aromatic heterocycles. The van der Waals surface area contributed by atoms with E-state index in [1.54, 1.807) is 0 Å². The summed E-state index contributed by atoms with van der Waals surface area (Å²) >= 11 is 0. The van der Waals surface area contributed by atoms with Gasteiger partial charge in [-0.3, -0.25) is 0 Å². The standard InChI is InChI=1S/C17H26N2O3/c1-12(2)10-22-11-14(20)9-18-17(21)19-16-8-15(16)13-6-4-3-5-7-13/h3-7,12,14-16,20H,8-11H2,1-2H3,(H2,18,19,21). The Bertz CT molecular complexity index is 464. The summed E-state index contributed by atoms with van der Waals surface area (Å²) in [6.07, 6.45) is 0.297. The van der Waals surface area contributed by atoms with Crippen LogP contribution in [-0.2, 0) is 4.74 Å². The number of hydrogen-bond donors (Lipinski definition) is 3. The van der Waals surface area contributed by atoms with Gasteiger partial charge in [-0.15, -0.1) is 0 Å². The number of hydrogen-bond acceptors (Lipinski definition) is 3. The van der Waals surface area contributed by atoms with E-state index in [2.05, 4.69) is 36.6 Å². The summed E-state index contributed by atoms with van der Waals surface area (Å²) in [6.45, 7) is 5.17. The summed E-state index contributed by atoms with van der Waals surface area (Å²) in [5.74, 6) is 0.847. The Morgan fingerprint density at radius 3 is 2.73 bits per heavy atom. The molecule has 122 valence electrons. The largest absolute Gasteiger partial charge is 0.389 e. The van der Waals surface area contributed by atoms with Crippen molar-refractivity contribution in [2.45, 2.75) is 38.3 Å². The topological polar surface area (TPSA) is 70.6 Å². The SMILES string of the molecule is CC(C)COCC(O)CNC(=O)NC1CC1c1ccccc1. The number of carbonyl (C=O) groups excluding carboxylic acids is 1. The molecule has 1 saturated carbocycles. The molecule has 0 saturated heterocycles. The van der Waals surface area contributed by atoms with Crippen LogP contribution in [-0.4, -0.2) is 43.0 Å². The second-order valence-corrected chi connectivity index (χ2v) is 6.30. The van der Waals surface area contributed by atoms with Gasteiger partial charge >= 0.3 is 6.03 Å². The molecular weight excluding hydrogens is 280 g/mol. The fourth-order valence-electron chi connectivity index (χ4n) is 2.35. The highest BCUT2D eigenvalue weighted by Gasteiger charge is 2.39. The average Bonchev–Trinajstić information content (AvgIpc) is 3.25. The molecule has 5 heteroatoms. The van der Waals surface area contributed by atoms with Crippen LogP contribution in [0.2, 0.25) is 0 Å². The zero-order chi connectivity index (χ0) is 15.9. The lowest BCUT2D eigenvalue weighted by atomic mass is 10.1. The first-order valence-electron chi connectivity index (χ1n) is 7.91. The van der Waals surface area contributed by atoms with Gasteiger partial charge in [0.15, 0.2) is 0 Å². The van der Waals surface area contributed by atoms with Gasteiger partial charge in [-0.05, 0) is 17.9 Å². The lowest BCUT2D eigenvalue weighted by molar-refractivity contribution is 0.0272. The van der Waals surface area contributed by atoms with E-state index in [0.717, 1.165) is 6.42 Å². The van der Waals surface area contributed by atoms with Crippen molar-refractivity contribution in [1.29, 1.82) is 0 Å². The van der Waals surface area contributed by atoms with Crippen molar-refractivity contribution in [3.8, 4) is 0 Å². The molecule has 5 nitrogen and oxygen atoms in total. The van der Waals surface area contributed by atoms with E-state index in [-0.39, 0.29) is 25.2 Å². The quantitative estimate of drug-likeness (QED) is 0.687. The number of carbonyl (C=O) groups is 1. The van der Waals surface area contributed by atoms with Gasteiger partial charge in [-0.1, -0.05) is 44.2 Å². The molecule has 0 spiro atoms. The molecule has 0 heterocycles. The van der Waals surface area contributed by atoms with Crippen LogP contribution in [0.1, 0.15) is 31.7 Å². The van der Waals surface area contributed by atoms with Gasteiger partial charge < -0.3 is 20.5 Å². The first kappa shape index (κ1) is 16.8. The number of benzene rings is 1.